The summed E-state index contributed by atoms with van der Waals surface area (Å²) in [6.45, 7) is 5.39. The largest absolute Gasteiger partial charge is 0.334 e. The highest BCUT2D eigenvalue weighted by Crippen LogP contribution is 2.20. The van der Waals surface area contributed by atoms with Crippen molar-refractivity contribution in [2.75, 3.05) is 18.4 Å². The first-order chi connectivity index (χ1) is 9.47. The van der Waals surface area contributed by atoms with Crippen LogP contribution in [0.1, 0.15) is 25.3 Å². The Morgan fingerprint density at radius 2 is 2.15 bits per heavy atom. The minimum atomic E-state index is -0.555. The molecule has 0 radical (unpaired) electrons. The molecule has 5 heteroatoms. The molecule has 1 unspecified atom stereocenters. The molecule has 1 aliphatic heterocycles. The van der Waals surface area contributed by atoms with Crippen molar-refractivity contribution in [3.05, 3.63) is 28.2 Å². The van der Waals surface area contributed by atoms with E-state index in [0.717, 1.165) is 22.9 Å². The third kappa shape index (κ3) is 3.60. The second kappa shape index (κ2) is 6.39. The Hall–Kier alpha value is -1.36. The first-order valence-electron chi connectivity index (χ1n) is 6.84. The zero-order valence-electron chi connectivity index (χ0n) is 11.8. The summed E-state index contributed by atoms with van der Waals surface area (Å²) in [4.78, 5) is 25.8. The number of piperidine rings is 1. The Morgan fingerprint density at radius 3 is 2.80 bits per heavy atom. The van der Waals surface area contributed by atoms with E-state index in [1.165, 1.54) is 0 Å². The number of likely N-dealkylation sites (tertiary alicyclic amines) is 1. The summed E-state index contributed by atoms with van der Waals surface area (Å²) in [7, 11) is 0. The number of amides is 2. The molecule has 0 aromatic heterocycles. The highest BCUT2D eigenvalue weighted by atomic mass is 79.9. The van der Waals surface area contributed by atoms with E-state index < -0.39 is 11.8 Å². The van der Waals surface area contributed by atoms with Crippen LogP contribution in [0.2, 0.25) is 0 Å². The molecule has 1 saturated heterocycles. The van der Waals surface area contributed by atoms with Crippen LogP contribution in [0.15, 0.2) is 22.7 Å². The highest BCUT2D eigenvalue weighted by Gasteiger charge is 2.26. The van der Waals surface area contributed by atoms with Crippen molar-refractivity contribution in [3.63, 3.8) is 0 Å². The summed E-state index contributed by atoms with van der Waals surface area (Å²) >= 11 is 3.41. The molecule has 1 N–H and O–H groups in total. The summed E-state index contributed by atoms with van der Waals surface area (Å²) < 4.78 is 0.978. The molecule has 1 aliphatic rings. The fraction of sp³-hybridized carbons (Fsp3) is 0.467. The van der Waals surface area contributed by atoms with Crippen LogP contribution in [-0.4, -0.2) is 29.8 Å². The maximum absolute atomic E-state index is 12.1. The zero-order valence-corrected chi connectivity index (χ0v) is 13.4. The molecule has 4 nitrogen and oxygen atoms in total. The van der Waals surface area contributed by atoms with E-state index in [1.807, 2.05) is 19.1 Å². The number of aryl methyl sites for hydroxylation is 1. The second-order valence-corrected chi connectivity index (χ2v) is 6.27. The Kier molecular flexibility index (Phi) is 4.81. The van der Waals surface area contributed by atoms with E-state index in [0.29, 0.717) is 24.7 Å². The summed E-state index contributed by atoms with van der Waals surface area (Å²) in [6.07, 6.45) is 2.09. The first kappa shape index (κ1) is 15.0. The lowest BCUT2D eigenvalue weighted by molar-refractivity contribution is -0.144. The van der Waals surface area contributed by atoms with Gasteiger partial charge < -0.3 is 10.2 Å². The van der Waals surface area contributed by atoms with Crippen LogP contribution in [0, 0.1) is 12.8 Å². The number of halogens is 1. The third-order valence-electron chi connectivity index (χ3n) is 3.55. The van der Waals surface area contributed by atoms with E-state index in [2.05, 4.69) is 28.2 Å². The van der Waals surface area contributed by atoms with Crippen molar-refractivity contribution in [2.45, 2.75) is 26.7 Å². The van der Waals surface area contributed by atoms with Crippen molar-refractivity contribution in [1.82, 2.24) is 4.90 Å². The van der Waals surface area contributed by atoms with Gasteiger partial charge in [0.2, 0.25) is 0 Å². The maximum Gasteiger partial charge on any atom is 0.313 e. The maximum atomic E-state index is 12.1. The molecule has 20 heavy (non-hydrogen) atoms. The molecule has 1 fully saturated rings. The molecular weight excluding hydrogens is 320 g/mol. The number of hydrogen-bond acceptors (Lipinski definition) is 2. The van der Waals surface area contributed by atoms with Crippen LogP contribution in [0.4, 0.5) is 5.69 Å². The van der Waals surface area contributed by atoms with Crippen LogP contribution >= 0.6 is 15.9 Å². The average molecular weight is 339 g/mol. The van der Waals surface area contributed by atoms with E-state index in [4.69, 9.17) is 0 Å². The van der Waals surface area contributed by atoms with Gasteiger partial charge in [-0.2, -0.15) is 0 Å². The number of benzene rings is 1. The van der Waals surface area contributed by atoms with Gasteiger partial charge in [-0.1, -0.05) is 22.9 Å². The van der Waals surface area contributed by atoms with Crippen LogP contribution in [0.5, 0.6) is 0 Å². The van der Waals surface area contributed by atoms with Crippen molar-refractivity contribution in [2.24, 2.45) is 5.92 Å². The number of nitrogens with zero attached hydrogens (tertiary/aromatic N) is 1. The summed E-state index contributed by atoms with van der Waals surface area (Å²) in [5, 5.41) is 2.67. The van der Waals surface area contributed by atoms with E-state index in [-0.39, 0.29) is 0 Å². The summed E-state index contributed by atoms with van der Waals surface area (Å²) in [5.41, 5.74) is 1.66. The second-order valence-electron chi connectivity index (χ2n) is 5.42. The van der Waals surface area contributed by atoms with Gasteiger partial charge in [0.25, 0.3) is 0 Å². The fourth-order valence-electron chi connectivity index (χ4n) is 2.42. The third-order valence-corrected chi connectivity index (χ3v) is 4.44. The standard InChI is InChI=1S/C15H19BrN2O2/c1-10-4-3-7-18(9-10)15(20)14(19)17-12-5-6-13(16)11(2)8-12/h5-6,8,10H,3-4,7,9H2,1-2H3,(H,17,19). The molecular formula is C15H19BrN2O2. The van der Waals surface area contributed by atoms with E-state index >= 15 is 0 Å². The van der Waals surface area contributed by atoms with Crippen LogP contribution in [0.25, 0.3) is 0 Å². The molecule has 1 aromatic rings. The van der Waals surface area contributed by atoms with E-state index in [1.54, 1.807) is 11.0 Å². The number of nitrogens with one attached hydrogen (secondary N) is 1. The summed E-state index contributed by atoms with van der Waals surface area (Å²) in [6, 6.07) is 5.48. The van der Waals surface area contributed by atoms with Gasteiger partial charge in [0.1, 0.15) is 0 Å². The smallest absolute Gasteiger partial charge is 0.313 e. The Balaban J connectivity index is 2.00. The lowest BCUT2D eigenvalue weighted by Crippen LogP contribution is -2.44. The molecule has 2 amide bonds. The SMILES string of the molecule is Cc1cc(NC(=O)C(=O)N2CCCC(C)C2)ccc1Br. The molecule has 1 heterocycles. The Bertz CT molecular complexity index is 531. The van der Waals surface area contributed by atoms with Gasteiger partial charge in [0.05, 0.1) is 0 Å². The predicted molar refractivity (Wildman–Crippen MR) is 82.5 cm³/mol. The molecule has 0 saturated carbocycles. The van der Waals surface area contributed by atoms with Gasteiger partial charge in [-0.05, 0) is 49.4 Å². The van der Waals surface area contributed by atoms with Gasteiger partial charge in [0, 0.05) is 23.2 Å². The van der Waals surface area contributed by atoms with Crippen LogP contribution in [-0.2, 0) is 9.59 Å². The predicted octanol–water partition coefficient (Wildman–Crippen LogP) is 2.95. The highest BCUT2D eigenvalue weighted by molar-refractivity contribution is 9.10. The van der Waals surface area contributed by atoms with Gasteiger partial charge >= 0.3 is 11.8 Å². The molecule has 1 aromatic carbocycles. The molecule has 108 valence electrons. The van der Waals surface area contributed by atoms with E-state index in [9.17, 15) is 9.59 Å². The van der Waals surface area contributed by atoms with Crippen LogP contribution in [0.3, 0.4) is 0 Å². The monoisotopic (exact) mass is 338 g/mol. The molecule has 2 rings (SSSR count). The average Bonchev–Trinajstić information content (AvgIpc) is 2.42. The van der Waals surface area contributed by atoms with Crippen LogP contribution < -0.4 is 5.32 Å². The quantitative estimate of drug-likeness (QED) is 0.800. The Morgan fingerprint density at radius 1 is 1.40 bits per heavy atom. The lowest BCUT2D eigenvalue weighted by Gasteiger charge is -2.30. The molecule has 0 spiro atoms. The number of anilines is 1. The van der Waals surface area contributed by atoms with Crippen molar-refractivity contribution >= 4 is 33.4 Å². The van der Waals surface area contributed by atoms with Crippen molar-refractivity contribution in [3.8, 4) is 0 Å². The lowest BCUT2D eigenvalue weighted by atomic mass is 10.0. The van der Waals surface area contributed by atoms with Gasteiger partial charge in [0.15, 0.2) is 0 Å². The first-order valence-corrected chi connectivity index (χ1v) is 7.63. The number of carbonyl (C=O) groups excluding carboxylic acids is 2. The summed E-state index contributed by atoms with van der Waals surface area (Å²) in [5.74, 6) is -0.520. The topological polar surface area (TPSA) is 49.4 Å². The molecule has 1 atom stereocenters. The molecule has 0 bridgehead atoms. The van der Waals surface area contributed by atoms with Crippen molar-refractivity contribution < 1.29 is 9.59 Å². The van der Waals surface area contributed by atoms with Crippen molar-refractivity contribution in [1.29, 1.82) is 0 Å². The normalized spacial score (nSPS) is 18.8. The molecule has 0 aliphatic carbocycles. The minimum Gasteiger partial charge on any atom is -0.334 e. The fourth-order valence-corrected chi connectivity index (χ4v) is 2.67. The number of rotatable bonds is 1. The number of carbonyl (C=O) groups is 2. The van der Waals surface area contributed by atoms with Gasteiger partial charge in [-0.25, -0.2) is 0 Å². The number of hydrogen-bond donors (Lipinski definition) is 1. The van der Waals surface area contributed by atoms with Gasteiger partial charge in [-0.15, -0.1) is 0 Å². The zero-order chi connectivity index (χ0) is 14.7. The van der Waals surface area contributed by atoms with Gasteiger partial charge in [-0.3, -0.25) is 9.59 Å². The Labute approximate surface area is 127 Å². The minimum absolute atomic E-state index is 0.433.